The lowest BCUT2D eigenvalue weighted by atomic mass is 9.86. The van der Waals surface area contributed by atoms with Crippen molar-refractivity contribution in [1.82, 2.24) is 34.9 Å². The highest BCUT2D eigenvalue weighted by Gasteiger charge is 2.45. The van der Waals surface area contributed by atoms with Gasteiger partial charge in [-0.2, -0.15) is 5.26 Å². The molecule has 4 aliphatic heterocycles. The minimum atomic E-state index is -1.91. The van der Waals surface area contributed by atoms with Crippen LogP contribution >= 0.6 is 11.6 Å². The van der Waals surface area contributed by atoms with Gasteiger partial charge in [-0.3, -0.25) is 19.3 Å². The van der Waals surface area contributed by atoms with Gasteiger partial charge >= 0.3 is 5.97 Å². The minimum Gasteiger partial charge on any atom is -0.508 e. The van der Waals surface area contributed by atoms with Crippen molar-refractivity contribution in [3.63, 3.8) is 0 Å². The number of piperazine rings is 1. The number of aliphatic hydroxyl groups is 1. The number of hydrogen-bond donors (Lipinski definition) is 3. The molecule has 17 nitrogen and oxygen atoms in total. The molecule has 3 aromatic heterocycles. The van der Waals surface area contributed by atoms with E-state index < -0.39 is 11.6 Å². The molecule has 5 aromatic rings. The SMILES string of the molecule is CC[C@@]1(O)C(=O)OCc2c1cc1n(c2=O)Cc2cc3c(CN4CCN(C(=O)C5CCN(c6ccc(C(=O)NC7CCC(N(C)c8ccc(C#N)c(Cl)c8)CC7)nn6)CC5)CC4)c(O)ccc3nc2-1. The number of anilines is 2. The number of pyridine rings is 2. The molecule has 1 saturated carbocycles. The van der Waals surface area contributed by atoms with Gasteiger partial charge in [-0.1, -0.05) is 18.5 Å². The molecule has 18 heteroatoms. The Balaban J connectivity index is 0.702. The van der Waals surface area contributed by atoms with Crippen LogP contribution in [0.3, 0.4) is 0 Å². The van der Waals surface area contributed by atoms with Crippen molar-refractivity contribution < 1.29 is 29.3 Å². The zero-order valence-electron chi connectivity index (χ0n) is 38.1. The predicted octanol–water partition coefficient (Wildman–Crippen LogP) is 4.84. The first kappa shape index (κ1) is 45.2. The third-order valence-corrected chi connectivity index (χ3v) is 15.3. The molecule has 3 fully saturated rings. The summed E-state index contributed by atoms with van der Waals surface area (Å²) in [6.45, 7) is 5.89. The van der Waals surface area contributed by atoms with Crippen molar-refractivity contribution in [2.24, 2.45) is 5.92 Å². The maximum Gasteiger partial charge on any atom is 0.343 e. The summed E-state index contributed by atoms with van der Waals surface area (Å²) in [5, 5.41) is 44.6. The molecule has 0 bridgehead atoms. The number of fused-ring (bicyclic) bond motifs is 5. The molecule has 0 radical (unpaired) electrons. The van der Waals surface area contributed by atoms with E-state index in [-0.39, 0.29) is 71.5 Å². The Hall–Kier alpha value is -6.61. The van der Waals surface area contributed by atoms with Crippen molar-refractivity contribution in [1.29, 1.82) is 5.26 Å². The van der Waals surface area contributed by atoms with Crippen LogP contribution < -0.4 is 20.7 Å². The van der Waals surface area contributed by atoms with Crippen LogP contribution in [0.4, 0.5) is 11.5 Å². The highest BCUT2D eigenvalue weighted by Crippen LogP contribution is 2.40. The van der Waals surface area contributed by atoms with Gasteiger partial charge in [-0.15, -0.1) is 10.2 Å². The number of piperidine rings is 1. The summed E-state index contributed by atoms with van der Waals surface area (Å²) in [5.74, 6) is -0.138. The second-order valence-electron chi connectivity index (χ2n) is 18.7. The van der Waals surface area contributed by atoms with Gasteiger partial charge in [0.05, 0.1) is 39.6 Å². The van der Waals surface area contributed by atoms with Crippen LogP contribution in [0.15, 0.2) is 59.4 Å². The lowest BCUT2D eigenvalue weighted by Crippen LogP contribution is -2.51. The van der Waals surface area contributed by atoms with Crippen molar-refractivity contribution in [3.8, 4) is 23.2 Å². The monoisotopic (exact) mass is 940 g/mol. The van der Waals surface area contributed by atoms with Gasteiger partial charge in [-0.05, 0) is 99.5 Å². The van der Waals surface area contributed by atoms with Gasteiger partial charge in [0.25, 0.3) is 11.5 Å². The standard InChI is InChI=1S/C50H53ClN10O7/c1-3-50(67)38-24-42-45-31(26-61(42)48(65)37(38)28-68-49(50)66)22-35-36(43(62)12-10-40(35)54-45)27-58-18-20-60(21-19-58)47(64)29-14-16-59(17-15-29)44-13-11-41(55-56-44)46(63)53-32-5-8-33(9-6-32)57(2)34-7-4-30(25-52)39(51)23-34/h4,7,10-13,22-24,29,32-33,62,67H,3,5-6,8-9,14-21,26-28H2,1-2H3,(H,53,63)/t32?,33?,50-/m0/s1. The molecule has 0 unspecified atom stereocenters. The molecule has 1 atom stereocenters. The van der Waals surface area contributed by atoms with Crippen LogP contribution in [0.2, 0.25) is 5.02 Å². The summed E-state index contributed by atoms with van der Waals surface area (Å²) in [7, 11) is 2.03. The number of ether oxygens (including phenoxy) is 1. The Labute approximate surface area is 397 Å². The number of nitrogens with zero attached hydrogens (tertiary/aromatic N) is 9. The zero-order valence-corrected chi connectivity index (χ0v) is 38.8. The van der Waals surface area contributed by atoms with Crippen molar-refractivity contribution >= 4 is 51.8 Å². The number of nitriles is 1. The molecule has 0 spiro atoms. The van der Waals surface area contributed by atoms with Gasteiger partial charge in [0, 0.05) is 98.6 Å². The number of nitrogens with one attached hydrogen (secondary N) is 1. The second-order valence-corrected chi connectivity index (χ2v) is 19.1. The van der Waals surface area contributed by atoms with E-state index in [0.29, 0.717) is 98.0 Å². The molecule has 1 aliphatic carbocycles. The van der Waals surface area contributed by atoms with Crippen molar-refractivity contribution in [2.45, 2.75) is 89.3 Å². The molecular formula is C50H53ClN10O7. The van der Waals surface area contributed by atoms with Gasteiger partial charge in [0.1, 0.15) is 18.4 Å². The fraction of sp³-hybridized carbons (Fsp3) is 0.440. The topological polar surface area (TPSA) is 210 Å². The molecule has 3 N–H and O–H groups in total. The number of aromatic hydroxyl groups is 1. The maximum absolute atomic E-state index is 13.8. The number of carbonyl (C=O) groups excluding carboxylic acids is 3. The number of amides is 2. The molecule has 10 rings (SSSR count). The number of aromatic nitrogens is 4. The van der Waals surface area contributed by atoms with E-state index in [2.05, 4.69) is 36.3 Å². The maximum atomic E-state index is 13.8. The number of phenolic OH excluding ortho intramolecular Hbond substituents is 1. The van der Waals surface area contributed by atoms with Gasteiger partial charge in [0.2, 0.25) is 5.91 Å². The number of carbonyl (C=O) groups is 3. The molecule has 2 saturated heterocycles. The van der Waals surface area contributed by atoms with Gasteiger partial charge in [0.15, 0.2) is 17.1 Å². The molecule has 2 aromatic carbocycles. The first-order valence-electron chi connectivity index (χ1n) is 23.5. The lowest BCUT2D eigenvalue weighted by molar-refractivity contribution is -0.172. The Morgan fingerprint density at radius 1 is 0.971 bits per heavy atom. The van der Waals surface area contributed by atoms with Crippen LogP contribution in [0.1, 0.15) is 90.2 Å². The van der Waals surface area contributed by atoms with E-state index >= 15 is 0 Å². The highest BCUT2D eigenvalue weighted by atomic mass is 35.5. The second kappa shape index (κ2) is 18.1. The molecule has 68 heavy (non-hydrogen) atoms. The Kier molecular flexibility index (Phi) is 12.0. The third-order valence-electron chi connectivity index (χ3n) is 15.0. The van der Waals surface area contributed by atoms with Crippen molar-refractivity contribution in [2.75, 3.05) is 56.1 Å². The van der Waals surface area contributed by atoms with Crippen LogP contribution in [-0.2, 0) is 39.6 Å². The van der Waals surface area contributed by atoms with Crippen LogP contribution in [0, 0.1) is 17.2 Å². The molecular weight excluding hydrogens is 888 g/mol. The first-order valence-corrected chi connectivity index (χ1v) is 23.9. The Morgan fingerprint density at radius 2 is 1.74 bits per heavy atom. The molecule has 7 heterocycles. The summed E-state index contributed by atoms with van der Waals surface area (Å²) < 4.78 is 6.81. The zero-order chi connectivity index (χ0) is 47.4. The number of cyclic esters (lactones) is 1. The van der Waals surface area contributed by atoms with E-state index in [1.807, 2.05) is 36.2 Å². The fourth-order valence-corrected chi connectivity index (χ4v) is 11.0. The number of halogens is 1. The Bertz CT molecular complexity index is 2930. The van der Waals surface area contributed by atoms with E-state index in [4.69, 9.17) is 21.3 Å². The third kappa shape index (κ3) is 8.17. The molecule has 352 valence electrons. The van der Waals surface area contributed by atoms with Crippen LogP contribution in [0.25, 0.3) is 22.3 Å². The quantitative estimate of drug-likeness (QED) is 0.166. The smallest absolute Gasteiger partial charge is 0.343 e. The van der Waals surface area contributed by atoms with Gasteiger partial charge in [-0.25, -0.2) is 9.78 Å². The van der Waals surface area contributed by atoms with Crippen LogP contribution in [-0.4, -0.2) is 116 Å². The first-order chi connectivity index (χ1) is 32.8. The fourth-order valence-electron chi connectivity index (χ4n) is 10.7. The summed E-state index contributed by atoms with van der Waals surface area (Å²) in [6.07, 6.45) is 4.89. The summed E-state index contributed by atoms with van der Waals surface area (Å²) in [6, 6.07) is 18.5. The van der Waals surface area contributed by atoms with Crippen molar-refractivity contribution in [3.05, 3.63) is 103 Å². The van der Waals surface area contributed by atoms with E-state index in [9.17, 15) is 34.7 Å². The van der Waals surface area contributed by atoms with E-state index in [1.54, 1.807) is 41.8 Å². The minimum absolute atomic E-state index is 0.0366. The molecule has 2 amide bonds. The largest absolute Gasteiger partial charge is 0.508 e. The number of rotatable bonds is 9. The predicted molar refractivity (Wildman–Crippen MR) is 253 cm³/mol. The van der Waals surface area contributed by atoms with E-state index in [1.165, 1.54) is 0 Å². The number of phenols is 1. The highest BCUT2D eigenvalue weighted by molar-refractivity contribution is 6.32. The summed E-state index contributed by atoms with van der Waals surface area (Å²) in [5.41, 5.74) is 3.27. The van der Waals surface area contributed by atoms with Crippen LogP contribution in [0.5, 0.6) is 5.75 Å². The lowest BCUT2D eigenvalue weighted by Gasteiger charge is -2.39. The number of esters is 1. The van der Waals surface area contributed by atoms with Gasteiger partial charge < -0.3 is 39.5 Å². The summed E-state index contributed by atoms with van der Waals surface area (Å²) >= 11 is 6.28. The van der Waals surface area contributed by atoms with E-state index in [0.717, 1.165) is 47.9 Å². The normalized spacial score (nSPS) is 21.7. The average Bonchev–Trinajstić information content (AvgIpc) is 3.73. The molecule has 5 aliphatic rings. The number of hydrogen-bond acceptors (Lipinski definition) is 14. The summed E-state index contributed by atoms with van der Waals surface area (Å²) in [4.78, 5) is 66.7. The number of benzene rings is 2. The average molecular weight is 941 g/mol. The Morgan fingerprint density at radius 3 is 2.43 bits per heavy atom.